The van der Waals surface area contributed by atoms with Crippen LogP contribution in [-0.2, 0) is 16.8 Å². The third kappa shape index (κ3) is 1.73. The van der Waals surface area contributed by atoms with Gasteiger partial charge in [-0.25, -0.2) is 0 Å². The van der Waals surface area contributed by atoms with E-state index in [0.29, 0.717) is 6.61 Å². The Kier molecular flexibility index (Phi) is 2.65. The van der Waals surface area contributed by atoms with E-state index in [1.54, 1.807) is 0 Å². The van der Waals surface area contributed by atoms with E-state index in [0.717, 1.165) is 15.6 Å². The molecule has 15 heavy (non-hydrogen) atoms. The lowest BCUT2D eigenvalue weighted by Crippen LogP contribution is -2.40. The zero-order chi connectivity index (χ0) is 11.2. The first-order valence-corrected chi connectivity index (χ1v) is 5.81. The molecule has 0 fully saturated rings. The second kappa shape index (κ2) is 3.58. The van der Waals surface area contributed by atoms with Crippen LogP contribution in [0, 0.1) is 6.92 Å². The van der Waals surface area contributed by atoms with E-state index in [9.17, 15) is 5.11 Å². The first kappa shape index (κ1) is 11.1. The minimum Gasteiger partial charge on any atom is -0.367 e. The highest BCUT2D eigenvalue weighted by atomic mass is 79.9. The number of halogens is 1. The molecule has 2 nitrogen and oxygen atoms in total. The molecule has 1 atom stereocenters. The summed E-state index contributed by atoms with van der Waals surface area (Å²) < 4.78 is 6.42. The fraction of sp³-hybridized carbons (Fsp3) is 0.500. The van der Waals surface area contributed by atoms with Gasteiger partial charge in [0.1, 0.15) is 0 Å². The van der Waals surface area contributed by atoms with Crippen LogP contribution in [-0.4, -0.2) is 11.4 Å². The van der Waals surface area contributed by atoms with Crippen molar-refractivity contribution in [3.05, 3.63) is 33.3 Å². The quantitative estimate of drug-likeness (QED) is 0.786. The summed E-state index contributed by atoms with van der Waals surface area (Å²) in [4.78, 5) is 0. The molecule has 1 aliphatic heterocycles. The summed E-state index contributed by atoms with van der Waals surface area (Å²) in [5.74, 6) is 0. The van der Waals surface area contributed by atoms with E-state index < -0.39 is 6.29 Å². The molecule has 0 aromatic heterocycles. The Bertz CT molecular complexity index is 399. The number of hydrogen-bond acceptors (Lipinski definition) is 2. The number of fused-ring (bicyclic) bond motifs is 1. The number of ether oxygens (including phenoxy) is 1. The van der Waals surface area contributed by atoms with Crippen LogP contribution in [0.1, 0.15) is 30.5 Å². The van der Waals surface area contributed by atoms with Gasteiger partial charge in [0.05, 0.1) is 6.61 Å². The number of aliphatic hydroxyl groups is 1. The van der Waals surface area contributed by atoms with Crippen molar-refractivity contribution in [1.82, 2.24) is 0 Å². The highest BCUT2D eigenvalue weighted by molar-refractivity contribution is 9.10. The third-order valence-electron chi connectivity index (χ3n) is 2.97. The van der Waals surface area contributed by atoms with Crippen molar-refractivity contribution in [2.45, 2.75) is 39.1 Å². The highest BCUT2D eigenvalue weighted by Gasteiger charge is 2.38. The molecule has 0 saturated heterocycles. The predicted molar refractivity (Wildman–Crippen MR) is 62.7 cm³/mol. The lowest BCUT2D eigenvalue weighted by atomic mass is 9.79. The van der Waals surface area contributed by atoms with Gasteiger partial charge in [-0.2, -0.15) is 0 Å². The van der Waals surface area contributed by atoms with Gasteiger partial charge in [0.25, 0.3) is 0 Å². The van der Waals surface area contributed by atoms with Gasteiger partial charge in [-0.1, -0.05) is 35.8 Å². The average Bonchev–Trinajstić information content (AvgIpc) is 2.10. The van der Waals surface area contributed by atoms with E-state index in [-0.39, 0.29) is 5.41 Å². The van der Waals surface area contributed by atoms with Crippen molar-refractivity contribution < 1.29 is 9.84 Å². The molecule has 1 aromatic rings. The molecule has 0 spiro atoms. The Morgan fingerprint density at radius 3 is 2.80 bits per heavy atom. The lowest BCUT2D eigenvalue weighted by Gasteiger charge is -2.38. The number of benzene rings is 1. The molecule has 1 unspecified atom stereocenters. The van der Waals surface area contributed by atoms with Gasteiger partial charge in [0, 0.05) is 9.89 Å². The SMILES string of the molecule is Cc1cc(Br)c2c(c1)COC(O)C2(C)C. The Morgan fingerprint density at radius 2 is 2.13 bits per heavy atom. The number of rotatable bonds is 0. The standard InChI is InChI=1S/C12H15BrO2/c1-7-4-8-6-15-11(14)12(2,3)10(8)9(13)5-7/h4-5,11,14H,6H2,1-3H3. The van der Waals surface area contributed by atoms with Crippen LogP contribution in [0.4, 0.5) is 0 Å². The lowest BCUT2D eigenvalue weighted by molar-refractivity contribution is -0.157. The molecule has 0 amide bonds. The summed E-state index contributed by atoms with van der Waals surface area (Å²) in [5, 5.41) is 9.83. The smallest absolute Gasteiger partial charge is 0.164 e. The summed E-state index contributed by atoms with van der Waals surface area (Å²) in [5.41, 5.74) is 3.17. The van der Waals surface area contributed by atoms with Gasteiger partial charge >= 0.3 is 0 Å². The van der Waals surface area contributed by atoms with E-state index in [4.69, 9.17) is 4.74 Å². The van der Waals surface area contributed by atoms with Crippen molar-refractivity contribution in [3.63, 3.8) is 0 Å². The van der Waals surface area contributed by atoms with Gasteiger partial charge < -0.3 is 9.84 Å². The first-order chi connectivity index (χ1) is 6.93. The molecule has 1 heterocycles. The minimum absolute atomic E-state index is 0.361. The Hall–Kier alpha value is -0.380. The number of aliphatic hydroxyl groups excluding tert-OH is 1. The predicted octanol–water partition coefficient (Wildman–Crippen LogP) is 2.88. The fourth-order valence-corrected chi connectivity index (χ4v) is 3.28. The summed E-state index contributed by atoms with van der Waals surface area (Å²) in [6.07, 6.45) is -0.732. The van der Waals surface area contributed by atoms with Gasteiger partial charge in [-0.15, -0.1) is 0 Å². The number of aryl methyl sites for hydroxylation is 1. The minimum atomic E-state index is -0.732. The van der Waals surface area contributed by atoms with Crippen molar-refractivity contribution in [2.75, 3.05) is 0 Å². The van der Waals surface area contributed by atoms with E-state index in [2.05, 4.69) is 35.0 Å². The topological polar surface area (TPSA) is 29.5 Å². The zero-order valence-corrected chi connectivity index (χ0v) is 10.8. The largest absolute Gasteiger partial charge is 0.367 e. The van der Waals surface area contributed by atoms with Crippen LogP contribution >= 0.6 is 15.9 Å². The molecule has 3 heteroatoms. The van der Waals surface area contributed by atoms with Crippen molar-refractivity contribution in [3.8, 4) is 0 Å². The van der Waals surface area contributed by atoms with Crippen LogP contribution in [0.15, 0.2) is 16.6 Å². The molecule has 1 N–H and O–H groups in total. The summed E-state index contributed by atoms with van der Waals surface area (Å²) in [6, 6.07) is 4.20. The second-order valence-corrected chi connectivity index (χ2v) is 5.52. The molecule has 1 aliphatic rings. The third-order valence-corrected chi connectivity index (χ3v) is 3.60. The van der Waals surface area contributed by atoms with Crippen LogP contribution in [0.3, 0.4) is 0 Å². The molecular formula is C12H15BrO2. The second-order valence-electron chi connectivity index (χ2n) is 4.67. The van der Waals surface area contributed by atoms with Crippen molar-refractivity contribution in [1.29, 1.82) is 0 Å². The Balaban J connectivity index is 2.64. The van der Waals surface area contributed by atoms with Crippen LogP contribution < -0.4 is 0 Å². The van der Waals surface area contributed by atoms with E-state index in [1.807, 2.05) is 13.8 Å². The van der Waals surface area contributed by atoms with E-state index in [1.165, 1.54) is 5.56 Å². The first-order valence-electron chi connectivity index (χ1n) is 5.02. The molecule has 0 bridgehead atoms. The van der Waals surface area contributed by atoms with Crippen molar-refractivity contribution in [2.24, 2.45) is 0 Å². The van der Waals surface area contributed by atoms with E-state index >= 15 is 0 Å². The zero-order valence-electron chi connectivity index (χ0n) is 9.17. The fourth-order valence-electron chi connectivity index (χ4n) is 2.15. The molecule has 0 saturated carbocycles. The van der Waals surface area contributed by atoms with Gasteiger partial charge in [0.2, 0.25) is 0 Å². The molecule has 82 valence electrons. The molecule has 1 aromatic carbocycles. The summed E-state index contributed by atoms with van der Waals surface area (Å²) >= 11 is 3.57. The summed E-state index contributed by atoms with van der Waals surface area (Å²) in [7, 11) is 0. The molecule has 2 rings (SSSR count). The Labute approximate surface area is 98.4 Å². The maximum Gasteiger partial charge on any atom is 0.164 e. The molecular weight excluding hydrogens is 256 g/mol. The number of hydrogen-bond donors (Lipinski definition) is 1. The van der Waals surface area contributed by atoms with Gasteiger partial charge in [-0.05, 0) is 29.7 Å². The normalized spacial score (nSPS) is 23.7. The maximum atomic E-state index is 9.83. The van der Waals surface area contributed by atoms with Crippen LogP contribution in [0.2, 0.25) is 0 Å². The molecule has 0 radical (unpaired) electrons. The van der Waals surface area contributed by atoms with Gasteiger partial charge in [0.15, 0.2) is 6.29 Å². The average molecular weight is 271 g/mol. The monoisotopic (exact) mass is 270 g/mol. The maximum absolute atomic E-state index is 9.83. The van der Waals surface area contributed by atoms with Crippen molar-refractivity contribution >= 4 is 15.9 Å². The molecule has 0 aliphatic carbocycles. The van der Waals surface area contributed by atoms with Crippen LogP contribution in [0.5, 0.6) is 0 Å². The van der Waals surface area contributed by atoms with Crippen LogP contribution in [0.25, 0.3) is 0 Å². The van der Waals surface area contributed by atoms with Gasteiger partial charge in [-0.3, -0.25) is 0 Å². The summed E-state index contributed by atoms with van der Waals surface area (Å²) in [6.45, 7) is 6.54. The highest BCUT2D eigenvalue weighted by Crippen LogP contribution is 2.40. The Morgan fingerprint density at radius 1 is 1.47 bits per heavy atom.